The number of carboxylic acids is 2. The van der Waals surface area contributed by atoms with E-state index in [-0.39, 0.29) is 23.3 Å². The molecule has 2 bridgehead atoms. The highest BCUT2D eigenvalue weighted by molar-refractivity contribution is 5.97. The number of aromatic carboxylic acids is 1. The van der Waals surface area contributed by atoms with Crippen LogP contribution in [0.3, 0.4) is 0 Å². The molecule has 6 heteroatoms. The van der Waals surface area contributed by atoms with Crippen LogP contribution in [-0.2, 0) is 9.59 Å². The van der Waals surface area contributed by atoms with Crippen molar-refractivity contribution in [2.75, 3.05) is 5.32 Å². The first-order chi connectivity index (χ1) is 10.5. The summed E-state index contributed by atoms with van der Waals surface area (Å²) in [7, 11) is 0. The monoisotopic (exact) mass is 301 g/mol. The number of rotatable bonds is 4. The van der Waals surface area contributed by atoms with Crippen LogP contribution in [0.5, 0.6) is 0 Å². The van der Waals surface area contributed by atoms with Crippen LogP contribution in [0.4, 0.5) is 5.69 Å². The van der Waals surface area contributed by atoms with Gasteiger partial charge >= 0.3 is 11.9 Å². The first-order valence-corrected chi connectivity index (χ1v) is 7.02. The van der Waals surface area contributed by atoms with Crippen LogP contribution >= 0.6 is 0 Å². The topological polar surface area (TPSA) is 104 Å². The van der Waals surface area contributed by atoms with Crippen molar-refractivity contribution in [3.05, 3.63) is 42.0 Å². The standard InChI is InChI=1S/C16H15NO5/c18-14(17-11-5-3-8(4-6-11)15(19)20)12-9-1-2-10(7-9)13(12)16(21)22/h1-6,9-10,12-13H,7H2,(H,17,18)(H,19,20)(H,21,22)/t9-,10+,12-,13+/m1/s1. The van der Waals surface area contributed by atoms with E-state index in [9.17, 15) is 19.5 Å². The van der Waals surface area contributed by atoms with E-state index >= 15 is 0 Å². The first-order valence-electron chi connectivity index (χ1n) is 7.02. The molecule has 1 fully saturated rings. The summed E-state index contributed by atoms with van der Waals surface area (Å²) in [5.74, 6) is -3.69. The number of hydrogen-bond acceptors (Lipinski definition) is 3. The number of carboxylic acid groups (broad SMARTS) is 2. The molecule has 1 saturated carbocycles. The van der Waals surface area contributed by atoms with E-state index in [4.69, 9.17) is 5.11 Å². The molecule has 0 aliphatic heterocycles. The summed E-state index contributed by atoms with van der Waals surface area (Å²) < 4.78 is 0. The van der Waals surface area contributed by atoms with Crippen LogP contribution < -0.4 is 5.32 Å². The minimum Gasteiger partial charge on any atom is -0.481 e. The third-order valence-corrected chi connectivity index (χ3v) is 4.45. The van der Waals surface area contributed by atoms with E-state index in [0.717, 1.165) is 0 Å². The van der Waals surface area contributed by atoms with Crippen molar-refractivity contribution in [2.45, 2.75) is 6.42 Å². The van der Waals surface area contributed by atoms with Crippen LogP contribution in [0.25, 0.3) is 0 Å². The second kappa shape index (κ2) is 5.29. The molecule has 2 aliphatic rings. The summed E-state index contributed by atoms with van der Waals surface area (Å²) >= 11 is 0. The average Bonchev–Trinajstić information content (AvgIpc) is 3.08. The molecule has 22 heavy (non-hydrogen) atoms. The van der Waals surface area contributed by atoms with E-state index in [1.165, 1.54) is 24.3 Å². The maximum atomic E-state index is 12.4. The quantitative estimate of drug-likeness (QED) is 0.736. The second-order valence-corrected chi connectivity index (χ2v) is 5.71. The second-order valence-electron chi connectivity index (χ2n) is 5.71. The summed E-state index contributed by atoms with van der Waals surface area (Å²) in [5, 5.41) is 20.9. The van der Waals surface area contributed by atoms with Crippen LogP contribution in [0, 0.1) is 23.7 Å². The summed E-state index contributed by atoms with van der Waals surface area (Å²) in [4.78, 5) is 34.6. The van der Waals surface area contributed by atoms with Crippen molar-refractivity contribution in [1.29, 1.82) is 0 Å². The van der Waals surface area contributed by atoms with Gasteiger partial charge in [0.05, 0.1) is 17.4 Å². The number of aliphatic carboxylic acids is 1. The molecule has 2 aliphatic carbocycles. The maximum Gasteiger partial charge on any atom is 0.335 e. The van der Waals surface area contributed by atoms with Crippen LogP contribution in [0.15, 0.2) is 36.4 Å². The van der Waals surface area contributed by atoms with E-state index in [1.54, 1.807) is 0 Å². The molecule has 3 rings (SSSR count). The summed E-state index contributed by atoms with van der Waals surface area (Å²) in [6, 6.07) is 5.79. The van der Waals surface area contributed by atoms with Crippen molar-refractivity contribution in [2.24, 2.45) is 23.7 Å². The van der Waals surface area contributed by atoms with Gasteiger partial charge in [-0.25, -0.2) is 4.79 Å². The number of fused-ring (bicyclic) bond motifs is 2. The van der Waals surface area contributed by atoms with E-state index in [1.807, 2.05) is 12.2 Å². The zero-order valence-electron chi connectivity index (χ0n) is 11.6. The highest BCUT2D eigenvalue weighted by Gasteiger charge is 2.51. The lowest BCUT2D eigenvalue weighted by molar-refractivity contribution is -0.146. The lowest BCUT2D eigenvalue weighted by Crippen LogP contribution is -2.36. The average molecular weight is 301 g/mol. The molecule has 0 heterocycles. The number of carbonyl (C=O) groups is 3. The van der Waals surface area contributed by atoms with E-state index in [2.05, 4.69) is 5.32 Å². The number of hydrogen-bond donors (Lipinski definition) is 3. The fraction of sp³-hybridized carbons (Fsp3) is 0.312. The third kappa shape index (κ3) is 2.36. The summed E-state index contributed by atoms with van der Waals surface area (Å²) in [6.07, 6.45) is 4.50. The predicted octanol–water partition coefficient (Wildman–Crippen LogP) is 1.85. The lowest BCUT2D eigenvalue weighted by Gasteiger charge is -2.23. The molecule has 0 radical (unpaired) electrons. The largest absolute Gasteiger partial charge is 0.481 e. The molecular weight excluding hydrogens is 286 g/mol. The van der Waals surface area contributed by atoms with Gasteiger partial charge in [0.25, 0.3) is 0 Å². The molecule has 6 nitrogen and oxygen atoms in total. The van der Waals surface area contributed by atoms with Crippen LogP contribution in [0.2, 0.25) is 0 Å². The third-order valence-electron chi connectivity index (χ3n) is 4.45. The number of anilines is 1. The molecule has 4 atom stereocenters. The van der Waals surface area contributed by atoms with Gasteiger partial charge in [-0.2, -0.15) is 0 Å². The molecule has 0 saturated heterocycles. The molecule has 1 aromatic carbocycles. The van der Waals surface area contributed by atoms with Gasteiger partial charge < -0.3 is 15.5 Å². The minimum atomic E-state index is -1.04. The molecule has 0 spiro atoms. The fourth-order valence-corrected chi connectivity index (χ4v) is 3.44. The number of allylic oxidation sites excluding steroid dienone is 2. The molecular formula is C16H15NO5. The summed E-state index contributed by atoms with van der Waals surface area (Å²) in [6.45, 7) is 0. The number of benzene rings is 1. The zero-order valence-corrected chi connectivity index (χ0v) is 11.6. The molecule has 0 unspecified atom stereocenters. The lowest BCUT2D eigenvalue weighted by atomic mass is 9.82. The van der Waals surface area contributed by atoms with Gasteiger partial charge in [0.15, 0.2) is 0 Å². The minimum absolute atomic E-state index is 0.0376. The normalized spacial score (nSPS) is 28.5. The van der Waals surface area contributed by atoms with Crippen molar-refractivity contribution in [3.63, 3.8) is 0 Å². The Balaban J connectivity index is 1.75. The number of nitrogens with one attached hydrogen (secondary N) is 1. The molecule has 3 N–H and O–H groups in total. The Morgan fingerprint density at radius 3 is 2.09 bits per heavy atom. The van der Waals surface area contributed by atoms with Crippen molar-refractivity contribution < 1.29 is 24.6 Å². The highest BCUT2D eigenvalue weighted by Crippen LogP contribution is 2.48. The van der Waals surface area contributed by atoms with Gasteiger partial charge in [0, 0.05) is 5.69 Å². The SMILES string of the molecule is O=C(O)c1ccc(NC(=O)[C@H]2[C@@H](C(=O)O)[C@H]3C=C[C@@H]2C3)cc1. The highest BCUT2D eigenvalue weighted by atomic mass is 16.4. The number of carbonyl (C=O) groups excluding carboxylic acids is 1. The van der Waals surface area contributed by atoms with Crippen molar-refractivity contribution in [3.8, 4) is 0 Å². The Labute approximate surface area is 126 Å². The summed E-state index contributed by atoms with van der Waals surface area (Å²) in [5.41, 5.74) is 0.593. The van der Waals surface area contributed by atoms with Gasteiger partial charge in [-0.15, -0.1) is 0 Å². The Hall–Kier alpha value is -2.63. The number of amides is 1. The van der Waals surface area contributed by atoms with Crippen molar-refractivity contribution in [1.82, 2.24) is 0 Å². The first kappa shape index (κ1) is 14.3. The Morgan fingerprint density at radius 1 is 0.955 bits per heavy atom. The van der Waals surface area contributed by atoms with Gasteiger partial charge in [0.2, 0.25) is 5.91 Å². The van der Waals surface area contributed by atoms with E-state index in [0.29, 0.717) is 12.1 Å². The zero-order chi connectivity index (χ0) is 15.9. The Kier molecular flexibility index (Phi) is 3.44. The molecule has 114 valence electrons. The van der Waals surface area contributed by atoms with Gasteiger partial charge in [-0.1, -0.05) is 12.2 Å². The van der Waals surface area contributed by atoms with E-state index < -0.39 is 23.8 Å². The molecule has 1 amide bonds. The molecule has 1 aromatic rings. The smallest absolute Gasteiger partial charge is 0.335 e. The van der Waals surface area contributed by atoms with Crippen LogP contribution in [0.1, 0.15) is 16.8 Å². The Bertz CT molecular complexity index is 664. The van der Waals surface area contributed by atoms with Crippen molar-refractivity contribution >= 4 is 23.5 Å². The van der Waals surface area contributed by atoms with Gasteiger partial charge in [-0.3, -0.25) is 9.59 Å². The Morgan fingerprint density at radius 2 is 1.55 bits per heavy atom. The van der Waals surface area contributed by atoms with Gasteiger partial charge in [-0.05, 0) is 42.5 Å². The maximum absolute atomic E-state index is 12.4. The van der Waals surface area contributed by atoms with Crippen LogP contribution in [-0.4, -0.2) is 28.1 Å². The predicted molar refractivity (Wildman–Crippen MR) is 77.4 cm³/mol. The molecule has 0 aromatic heterocycles. The van der Waals surface area contributed by atoms with Gasteiger partial charge in [0.1, 0.15) is 0 Å². The fourth-order valence-electron chi connectivity index (χ4n) is 3.44.